The molecule has 1 heterocycles. The highest BCUT2D eigenvalue weighted by molar-refractivity contribution is 4.93. The summed E-state index contributed by atoms with van der Waals surface area (Å²) in [6.45, 7) is 2.60. The molecule has 1 aliphatic carbocycles. The van der Waals surface area contributed by atoms with Crippen LogP contribution in [0.1, 0.15) is 44.9 Å². The Kier molecular flexibility index (Phi) is 3.13. The second-order valence-corrected chi connectivity index (χ2v) is 5.53. The summed E-state index contributed by atoms with van der Waals surface area (Å²) >= 11 is 0. The Balaban J connectivity index is 1.69. The van der Waals surface area contributed by atoms with Gasteiger partial charge in [0.25, 0.3) is 0 Å². The highest BCUT2D eigenvalue weighted by atomic mass is 15.1. The third-order valence-corrected chi connectivity index (χ3v) is 4.12. The summed E-state index contributed by atoms with van der Waals surface area (Å²) in [6.07, 6.45) is 9.36. The normalized spacial score (nSPS) is 32.6. The Bertz CT molecular complexity index is 187. The molecule has 1 atom stereocenters. The van der Waals surface area contributed by atoms with E-state index in [-0.39, 0.29) is 5.54 Å². The van der Waals surface area contributed by atoms with Gasteiger partial charge >= 0.3 is 0 Å². The van der Waals surface area contributed by atoms with Crippen molar-refractivity contribution in [2.24, 2.45) is 11.7 Å². The van der Waals surface area contributed by atoms with Gasteiger partial charge in [-0.15, -0.1) is 0 Å². The van der Waals surface area contributed by atoms with Gasteiger partial charge in [-0.3, -0.25) is 0 Å². The van der Waals surface area contributed by atoms with Gasteiger partial charge in [-0.2, -0.15) is 0 Å². The Morgan fingerprint density at radius 3 is 2.71 bits per heavy atom. The van der Waals surface area contributed by atoms with E-state index in [1.165, 1.54) is 58.0 Å². The van der Waals surface area contributed by atoms with Crippen LogP contribution in [0.25, 0.3) is 0 Å². The summed E-state index contributed by atoms with van der Waals surface area (Å²) in [7, 11) is 2.24. The highest BCUT2D eigenvalue weighted by Crippen LogP contribution is 2.35. The Labute approximate surface area is 87.8 Å². The molecule has 0 aromatic heterocycles. The zero-order chi connectivity index (χ0) is 10.0. The van der Waals surface area contributed by atoms with Gasteiger partial charge in [-0.05, 0) is 64.5 Å². The largest absolute Gasteiger partial charge is 0.325 e. The Hall–Kier alpha value is -0.0800. The molecule has 0 radical (unpaired) electrons. The summed E-state index contributed by atoms with van der Waals surface area (Å²) in [4.78, 5) is 2.47. The van der Waals surface area contributed by atoms with Gasteiger partial charge in [0, 0.05) is 12.1 Å². The van der Waals surface area contributed by atoms with Gasteiger partial charge in [0.1, 0.15) is 0 Å². The molecule has 1 saturated carbocycles. The summed E-state index contributed by atoms with van der Waals surface area (Å²) in [6, 6.07) is 0. The van der Waals surface area contributed by atoms with Crippen LogP contribution < -0.4 is 5.73 Å². The fourth-order valence-corrected chi connectivity index (χ4v) is 2.88. The van der Waals surface area contributed by atoms with E-state index in [1.54, 1.807) is 0 Å². The lowest BCUT2D eigenvalue weighted by Crippen LogP contribution is -2.47. The van der Waals surface area contributed by atoms with Crippen molar-refractivity contribution in [3.05, 3.63) is 0 Å². The van der Waals surface area contributed by atoms with E-state index in [1.807, 2.05) is 0 Å². The standard InChI is InChI=1S/C12H24N2/c1-14-9-2-4-11(10-14)5-8-12(13)6-3-7-12/h11H,2-10,13H2,1H3. The summed E-state index contributed by atoms with van der Waals surface area (Å²) in [5.74, 6) is 0.926. The quantitative estimate of drug-likeness (QED) is 0.748. The molecule has 1 saturated heterocycles. The molecular weight excluding hydrogens is 172 g/mol. The number of nitrogens with zero attached hydrogens (tertiary/aromatic N) is 1. The van der Waals surface area contributed by atoms with Gasteiger partial charge in [0.15, 0.2) is 0 Å². The molecular formula is C12H24N2. The number of hydrogen-bond acceptors (Lipinski definition) is 2. The van der Waals surface area contributed by atoms with E-state index in [2.05, 4.69) is 11.9 Å². The lowest BCUT2D eigenvalue weighted by molar-refractivity contribution is 0.165. The molecule has 82 valence electrons. The Morgan fingerprint density at radius 2 is 2.14 bits per heavy atom. The van der Waals surface area contributed by atoms with Crippen LogP contribution in [-0.2, 0) is 0 Å². The smallest absolute Gasteiger partial charge is 0.0154 e. The molecule has 2 nitrogen and oxygen atoms in total. The first kappa shape index (κ1) is 10.4. The lowest BCUT2D eigenvalue weighted by Gasteiger charge is -2.40. The second kappa shape index (κ2) is 4.19. The van der Waals surface area contributed by atoms with E-state index in [9.17, 15) is 0 Å². The van der Waals surface area contributed by atoms with Gasteiger partial charge in [-0.1, -0.05) is 0 Å². The maximum Gasteiger partial charge on any atom is 0.0154 e. The zero-order valence-corrected chi connectivity index (χ0v) is 9.47. The molecule has 2 N–H and O–H groups in total. The molecule has 0 amide bonds. The van der Waals surface area contributed by atoms with Crippen molar-refractivity contribution < 1.29 is 0 Å². The van der Waals surface area contributed by atoms with Crippen molar-refractivity contribution in [1.29, 1.82) is 0 Å². The third kappa shape index (κ3) is 2.48. The van der Waals surface area contributed by atoms with Crippen molar-refractivity contribution in [3.8, 4) is 0 Å². The van der Waals surface area contributed by atoms with Gasteiger partial charge in [-0.25, -0.2) is 0 Å². The molecule has 2 rings (SSSR count). The first-order chi connectivity index (χ1) is 6.68. The molecule has 0 aromatic rings. The van der Waals surface area contributed by atoms with Crippen molar-refractivity contribution in [1.82, 2.24) is 4.90 Å². The number of rotatable bonds is 3. The molecule has 0 spiro atoms. The van der Waals surface area contributed by atoms with Crippen LogP contribution in [0.2, 0.25) is 0 Å². The zero-order valence-electron chi connectivity index (χ0n) is 9.47. The van der Waals surface area contributed by atoms with E-state index >= 15 is 0 Å². The summed E-state index contributed by atoms with van der Waals surface area (Å²) in [5, 5.41) is 0. The topological polar surface area (TPSA) is 29.3 Å². The monoisotopic (exact) mass is 196 g/mol. The maximum absolute atomic E-state index is 6.24. The molecule has 0 bridgehead atoms. The molecule has 2 heteroatoms. The first-order valence-electron chi connectivity index (χ1n) is 6.15. The van der Waals surface area contributed by atoms with Gasteiger partial charge in [0.2, 0.25) is 0 Å². The minimum Gasteiger partial charge on any atom is -0.325 e. The molecule has 2 fully saturated rings. The lowest BCUT2D eigenvalue weighted by atomic mass is 9.73. The fraction of sp³-hybridized carbons (Fsp3) is 1.00. The molecule has 1 unspecified atom stereocenters. The van der Waals surface area contributed by atoms with Crippen molar-refractivity contribution in [3.63, 3.8) is 0 Å². The van der Waals surface area contributed by atoms with Crippen LogP contribution in [0.5, 0.6) is 0 Å². The first-order valence-corrected chi connectivity index (χ1v) is 6.15. The predicted octanol–water partition coefficient (Wildman–Crippen LogP) is 1.99. The highest BCUT2D eigenvalue weighted by Gasteiger charge is 2.32. The van der Waals surface area contributed by atoms with Crippen LogP contribution in [0.3, 0.4) is 0 Å². The number of hydrogen-bond donors (Lipinski definition) is 1. The second-order valence-electron chi connectivity index (χ2n) is 5.53. The van der Waals surface area contributed by atoms with Crippen molar-refractivity contribution in [2.75, 3.05) is 20.1 Å². The molecule has 0 aromatic carbocycles. The number of piperidine rings is 1. The van der Waals surface area contributed by atoms with E-state index in [4.69, 9.17) is 5.73 Å². The maximum atomic E-state index is 6.24. The fourth-order valence-electron chi connectivity index (χ4n) is 2.88. The molecule has 2 aliphatic rings. The number of nitrogens with two attached hydrogens (primary N) is 1. The van der Waals surface area contributed by atoms with Crippen LogP contribution in [0.4, 0.5) is 0 Å². The van der Waals surface area contributed by atoms with Crippen LogP contribution in [0.15, 0.2) is 0 Å². The van der Waals surface area contributed by atoms with Gasteiger partial charge in [0.05, 0.1) is 0 Å². The van der Waals surface area contributed by atoms with E-state index in [0.717, 1.165) is 5.92 Å². The average Bonchev–Trinajstić information content (AvgIpc) is 2.12. The van der Waals surface area contributed by atoms with Gasteiger partial charge < -0.3 is 10.6 Å². The molecule has 1 aliphatic heterocycles. The van der Waals surface area contributed by atoms with Crippen LogP contribution in [-0.4, -0.2) is 30.6 Å². The van der Waals surface area contributed by atoms with Crippen LogP contribution >= 0.6 is 0 Å². The number of likely N-dealkylation sites (tertiary alicyclic amines) is 1. The van der Waals surface area contributed by atoms with E-state index in [0.29, 0.717) is 0 Å². The summed E-state index contributed by atoms with van der Waals surface area (Å²) in [5.41, 5.74) is 6.49. The summed E-state index contributed by atoms with van der Waals surface area (Å²) < 4.78 is 0. The average molecular weight is 196 g/mol. The third-order valence-electron chi connectivity index (χ3n) is 4.12. The minimum atomic E-state index is 0.246. The Morgan fingerprint density at radius 1 is 1.36 bits per heavy atom. The van der Waals surface area contributed by atoms with E-state index < -0.39 is 0 Å². The minimum absolute atomic E-state index is 0.246. The predicted molar refractivity (Wildman–Crippen MR) is 60.2 cm³/mol. The van der Waals surface area contributed by atoms with Crippen molar-refractivity contribution >= 4 is 0 Å². The SMILES string of the molecule is CN1CCCC(CCC2(N)CCC2)C1. The van der Waals surface area contributed by atoms with Crippen molar-refractivity contribution in [2.45, 2.75) is 50.5 Å². The van der Waals surface area contributed by atoms with Crippen LogP contribution in [0, 0.1) is 5.92 Å². The molecule has 14 heavy (non-hydrogen) atoms.